The van der Waals surface area contributed by atoms with Crippen LogP contribution in [0.4, 0.5) is 4.79 Å². The Morgan fingerprint density at radius 2 is 1.64 bits per heavy atom. The number of carbonyl (C=O) groups excluding carboxylic acids is 8. The molecule has 0 aliphatic carbocycles. The van der Waals surface area contributed by atoms with E-state index < -0.39 is 78.3 Å². The number of nitrogens with zero attached hydrogens (tertiary/aromatic N) is 1. The number of carbonyl (C=O) groups is 8. The molecule has 1 aromatic carbocycles. The summed E-state index contributed by atoms with van der Waals surface area (Å²) in [4.78, 5) is 106. The summed E-state index contributed by atoms with van der Waals surface area (Å²) in [7, 11) is 1.20. The van der Waals surface area contributed by atoms with Crippen LogP contribution in [0.2, 0.25) is 13.6 Å². The van der Waals surface area contributed by atoms with Crippen molar-refractivity contribution in [3.05, 3.63) is 41.7 Å². The monoisotopic (exact) mass is 825 g/mol. The van der Waals surface area contributed by atoms with Crippen LogP contribution in [-0.2, 0) is 42.8 Å². The van der Waals surface area contributed by atoms with Gasteiger partial charge in [-0.15, -0.1) is 0 Å². The summed E-state index contributed by atoms with van der Waals surface area (Å²) < 4.78 is 26.0. The van der Waals surface area contributed by atoms with E-state index in [1.807, 2.05) is 6.92 Å². The van der Waals surface area contributed by atoms with Crippen LogP contribution < -0.4 is 26.0 Å². The second kappa shape index (κ2) is 24.7. The van der Waals surface area contributed by atoms with Crippen LogP contribution in [0.3, 0.4) is 0 Å². The lowest BCUT2D eigenvalue weighted by Crippen LogP contribution is -2.51. The number of hydrogen-bond acceptors (Lipinski definition) is 14. The first-order valence-corrected chi connectivity index (χ1v) is 19.4. The summed E-state index contributed by atoms with van der Waals surface area (Å²) in [5, 5.41) is 11.1. The molecule has 0 unspecified atom stereocenters. The van der Waals surface area contributed by atoms with Gasteiger partial charge in [0, 0.05) is 11.1 Å². The Bertz CT molecular complexity index is 1770. The van der Waals surface area contributed by atoms with Crippen molar-refractivity contribution in [2.24, 2.45) is 5.92 Å². The second-order valence-electron chi connectivity index (χ2n) is 14.0. The maximum Gasteiger partial charge on any atom is 0.432 e. The van der Waals surface area contributed by atoms with Gasteiger partial charge in [-0.1, -0.05) is 52.8 Å². The minimum atomic E-state index is -1.39. The minimum absolute atomic E-state index is 0.0105. The predicted octanol–water partition coefficient (Wildman–Crippen LogP) is 1.47. The molecule has 5 amide bonds. The molecule has 4 N–H and O–H groups in total. The highest BCUT2D eigenvalue weighted by molar-refractivity contribution is 6.29. The zero-order valence-corrected chi connectivity index (χ0v) is 34.9. The molecule has 1 heterocycles. The van der Waals surface area contributed by atoms with Gasteiger partial charge in [-0.3, -0.25) is 33.6 Å². The van der Waals surface area contributed by atoms with Crippen molar-refractivity contribution < 1.29 is 66.3 Å². The summed E-state index contributed by atoms with van der Waals surface area (Å²) in [5.74, 6) is -5.24. The Balaban J connectivity index is 2.26. The van der Waals surface area contributed by atoms with Gasteiger partial charge < -0.3 is 49.2 Å². The summed E-state index contributed by atoms with van der Waals surface area (Å²) in [6.45, 7) is 11.3. The summed E-state index contributed by atoms with van der Waals surface area (Å²) in [6, 6.07) is 4.84. The molecular weight excluding hydrogens is 771 g/mol. The number of amides is 5. The van der Waals surface area contributed by atoms with Gasteiger partial charge in [0.2, 0.25) is 12.3 Å². The van der Waals surface area contributed by atoms with Gasteiger partial charge in [0.15, 0.2) is 12.4 Å². The number of furan rings is 1. The van der Waals surface area contributed by atoms with E-state index in [4.69, 9.17) is 23.3 Å². The van der Waals surface area contributed by atoms with Crippen LogP contribution in [0.25, 0.3) is 11.3 Å². The van der Waals surface area contributed by atoms with E-state index in [-0.39, 0.29) is 50.9 Å². The number of hydrogen-bond donors (Lipinski definition) is 4. The van der Waals surface area contributed by atoms with Gasteiger partial charge in [-0.2, -0.15) is 5.06 Å². The number of rotatable bonds is 24. The third-order valence-corrected chi connectivity index (χ3v) is 8.41. The maximum absolute atomic E-state index is 13.5. The van der Waals surface area contributed by atoms with Crippen LogP contribution in [0, 0.1) is 5.92 Å². The summed E-state index contributed by atoms with van der Waals surface area (Å²) in [5.41, 5.74) is -0.425. The van der Waals surface area contributed by atoms with Crippen molar-refractivity contribution in [3.63, 3.8) is 0 Å². The van der Waals surface area contributed by atoms with Gasteiger partial charge in [0.25, 0.3) is 17.8 Å². The molecule has 1 aromatic heterocycles. The average Bonchev–Trinajstić information content (AvgIpc) is 3.69. The molecule has 320 valence electrons. The Morgan fingerprint density at radius 3 is 2.25 bits per heavy atom. The molecule has 0 aliphatic rings. The highest BCUT2D eigenvalue weighted by Gasteiger charge is 2.34. The van der Waals surface area contributed by atoms with Crippen LogP contribution in [0.5, 0.6) is 5.75 Å². The molecule has 0 fully saturated rings. The average molecular weight is 825 g/mol. The molecular formula is C37H54B3N5O14. The zero-order chi connectivity index (χ0) is 44.1. The molecule has 0 saturated carbocycles. The predicted molar refractivity (Wildman–Crippen MR) is 218 cm³/mol. The lowest BCUT2D eigenvalue weighted by Gasteiger charge is -2.32. The molecule has 0 spiro atoms. The molecule has 19 nitrogen and oxygen atoms in total. The first-order chi connectivity index (χ1) is 28.0. The third kappa shape index (κ3) is 16.4. The van der Waals surface area contributed by atoms with Gasteiger partial charge in [-0.25, -0.2) is 4.79 Å². The summed E-state index contributed by atoms with van der Waals surface area (Å²) >= 11 is 0. The third-order valence-electron chi connectivity index (χ3n) is 8.41. The first-order valence-electron chi connectivity index (χ1n) is 19.4. The zero-order valence-electron chi connectivity index (χ0n) is 34.9. The highest BCUT2D eigenvalue weighted by Crippen LogP contribution is 2.30. The molecule has 59 heavy (non-hydrogen) atoms. The molecule has 0 bridgehead atoms. The van der Waals surface area contributed by atoms with Crippen molar-refractivity contribution in [2.75, 3.05) is 13.3 Å². The molecule has 3 atom stereocenters. The number of hydroxylamine groups is 2. The number of benzene rings is 1. The molecule has 2 aromatic rings. The number of unbranched alkanes of at least 4 members (excludes halogenated alkanes) is 2. The van der Waals surface area contributed by atoms with Gasteiger partial charge >= 0.3 is 41.0 Å². The SMILES string of the molecule is BOC(=O)C[C@H](NC(=O)c1ccc(-c2ccc(C(=O)NCNC(=O)[C@H](CCCCC)[C@@H](CC)N(C=O)OC(=O)NC(C)(C)C)o2)cc1OCC(=O)OBC)C(=O)OBC. The largest absolute Gasteiger partial charge is 0.543 e. The Labute approximate surface area is 345 Å². The smallest absolute Gasteiger partial charge is 0.432 e. The topological polar surface area (TPSA) is 247 Å². The fraction of sp³-hybridized carbons (Fsp3) is 0.514. The van der Waals surface area contributed by atoms with Crippen molar-refractivity contribution in [1.29, 1.82) is 0 Å². The van der Waals surface area contributed by atoms with Crippen molar-refractivity contribution in [2.45, 2.75) is 104 Å². The van der Waals surface area contributed by atoms with E-state index in [0.717, 1.165) is 26.0 Å². The van der Waals surface area contributed by atoms with E-state index in [1.54, 1.807) is 41.3 Å². The van der Waals surface area contributed by atoms with Crippen LogP contribution in [0.15, 0.2) is 34.7 Å². The molecule has 0 radical (unpaired) electrons. The van der Waals surface area contributed by atoms with Crippen molar-refractivity contribution >= 4 is 71.1 Å². The lowest BCUT2D eigenvalue weighted by molar-refractivity contribution is -0.169. The van der Waals surface area contributed by atoms with E-state index in [0.29, 0.717) is 24.8 Å². The Kier molecular flexibility index (Phi) is 20.6. The van der Waals surface area contributed by atoms with Crippen molar-refractivity contribution in [1.82, 2.24) is 26.3 Å². The number of nitrogens with one attached hydrogen (secondary N) is 4. The fourth-order valence-corrected chi connectivity index (χ4v) is 5.64. The van der Waals surface area contributed by atoms with E-state index in [1.165, 1.54) is 30.3 Å². The van der Waals surface area contributed by atoms with Crippen LogP contribution >= 0.6 is 0 Å². The van der Waals surface area contributed by atoms with Gasteiger partial charge in [0.1, 0.15) is 17.6 Å². The highest BCUT2D eigenvalue weighted by atomic mass is 16.7. The van der Waals surface area contributed by atoms with Gasteiger partial charge in [0.05, 0.1) is 30.6 Å². The normalized spacial score (nSPS) is 12.3. The standard InChI is InChI=1S/C37H54B3N5O14/c1-8-10-11-12-23(26(9-2)45(21-46)59-36(53)44-37(3,4)5)32(49)41-20-42-34(51)28-16-15-27(55-28)22-13-14-24(29(17-22)54-19-31(48)57-39-6)33(50)43-25(18-30(47)56-38)35(52)58-40-7/h13-17,21,23,25-26,39-40H,8-12,18-20,38H2,1-7H3,(H,41,49)(H,42,51)(H,43,50)(H,44,53)/t23-,25+,26-/m1/s1. The van der Waals surface area contributed by atoms with E-state index in [2.05, 4.69) is 25.9 Å². The Hall–Kier alpha value is -5.95. The molecule has 22 heteroatoms. The molecule has 2 rings (SSSR count). The van der Waals surface area contributed by atoms with Gasteiger partial charge in [-0.05, 0) is 57.9 Å². The number of ether oxygens (including phenoxy) is 1. The van der Waals surface area contributed by atoms with Crippen molar-refractivity contribution in [3.8, 4) is 17.1 Å². The summed E-state index contributed by atoms with van der Waals surface area (Å²) in [6.07, 6.45) is 2.05. The second-order valence-corrected chi connectivity index (χ2v) is 14.0. The fourth-order valence-electron chi connectivity index (χ4n) is 5.64. The first kappa shape index (κ1) is 49.2. The minimum Gasteiger partial charge on any atom is -0.543 e. The molecule has 0 saturated heterocycles. The lowest BCUT2D eigenvalue weighted by atomic mass is 9.90. The molecule has 0 aliphatic heterocycles. The van der Waals surface area contributed by atoms with Crippen LogP contribution in [-0.4, -0.2) is 107 Å². The Morgan fingerprint density at radius 1 is 0.932 bits per heavy atom. The maximum atomic E-state index is 13.5. The quantitative estimate of drug-likeness (QED) is 0.0385. The van der Waals surface area contributed by atoms with E-state index >= 15 is 0 Å². The van der Waals surface area contributed by atoms with E-state index in [9.17, 15) is 38.4 Å². The van der Waals surface area contributed by atoms with Crippen LogP contribution in [0.1, 0.15) is 94.1 Å².